The minimum Gasteiger partial charge on any atom is -0.466 e. The van der Waals surface area contributed by atoms with Crippen LogP contribution >= 0.6 is 0 Å². The first-order valence-corrected chi connectivity index (χ1v) is 4.67. The van der Waals surface area contributed by atoms with Crippen molar-refractivity contribution in [3.05, 3.63) is 10.4 Å². The van der Waals surface area contributed by atoms with E-state index in [1.807, 2.05) is 0 Å². The largest absolute Gasteiger partial charge is 0.466 e. The fourth-order valence-electron chi connectivity index (χ4n) is 1.01. The van der Waals surface area contributed by atoms with Gasteiger partial charge in [-0.15, -0.1) is 0 Å². The molecule has 6 nitrogen and oxygen atoms in total. The van der Waals surface area contributed by atoms with Gasteiger partial charge in [0.1, 0.15) is 6.04 Å². The van der Waals surface area contributed by atoms with Crippen molar-refractivity contribution >= 4 is 5.97 Å². The summed E-state index contributed by atoms with van der Waals surface area (Å²) in [6, 6.07) is -0.702. The van der Waals surface area contributed by atoms with Crippen LogP contribution in [0, 0.1) is 0 Å². The molecule has 0 rings (SSSR count). The predicted molar refractivity (Wildman–Crippen MR) is 52.5 cm³/mol. The average Bonchev–Trinajstić information content (AvgIpc) is 2.17. The maximum Gasteiger partial charge on any atom is 0.314 e. The number of carbonyl (C=O) groups excluding carboxylic acids is 1. The average molecular weight is 200 g/mol. The van der Waals surface area contributed by atoms with Gasteiger partial charge in [-0.05, 0) is 31.8 Å². The molecule has 0 aromatic heterocycles. The first-order chi connectivity index (χ1) is 6.76. The second-order valence-corrected chi connectivity index (χ2v) is 2.76. The van der Waals surface area contributed by atoms with E-state index in [2.05, 4.69) is 10.0 Å². The van der Waals surface area contributed by atoms with E-state index in [4.69, 9.17) is 16.0 Å². The molecule has 0 aliphatic rings. The number of ether oxygens (including phenoxy) is 1. The second-order valence-electron chi connectivity index (χ2n) is 2.76. The molecular formula is C8H16N4O2. The van der Waals surface area contributed by atoms with Crippen LogP contribution in [-0.4, -0.2) is 25.2 Å². The number of azide groups is 1. The van der Waals surface area contributed by atoms with Crippen LogP contribution in [0.25, 0.3) is 10.4 Å². The topological polar surface area (TPSA) is 101 Å². The molecule has 0 saturated carbocycles. The molecule has 0 bridgehead atoms. The van der Waals surface area contributed by atoms with Crippen LogP contribution in [0.3, 0.4) is 0 Å². The lowest BCUT2D eigenvalue weighted by Crippen LogP contribution is -2.21. The molecule has 2 N–H and O–H groups in total. The van der Waals surface area contributed by atoms with Gasteiger partial charge < -0.3 is 10.5 Å². The van der Waals surface area contributed by atoms with Crippen molar-refractivity contribution in [1.29, 1.82) is 0 Å². The van der Waals surface area contributed by atoms with E-state index in [-0.39, 0.29) is 0 Å². The summed E-state index contributed by atoms with van der Waals surface area (Å²) in [6.45, 7) is 2.59. The maximum absolute atomic E-state index is 11.2. The summed E-state index contributed by atoms with van der Waals surface area (Å²) >= 11 is 0. The molecule has 1 atom stereocenters. The van der Waals surface area contributed by atoms with Crippen molar-refractivity contribution in [2.24, 2.45) is 10.8 Å². The van der Waals surface area contributed by atoms with Crippen molar-refractivity contribution in [1.82, 2.24) is 0 Å². The highest BCUT2D eigenvalue weighted by atomic mass is 16.5. The highest BCUT2D eigenvalue weighted by molar-refractivity contribution is 5.75. The summed E-state index contributed by atoms with van der Waals surface area (Å²) in [5.74, 6) is -0.456. The third-order valence-corrected chi connectivity index (χ3v) is 1.68. The van der Waals surface area contributed by atoms with E-state index in [9.17, 15) is 4.79 Å². The van der Waals surface area contributed by atoms with Crippen molar-refractivity contribution in [2.75, 3.05) is 13.2 Å². The Morgan fingerprint density at radius 1 is 1.64 bits per heavy atom. The van der Waals surface area contributed by atoms with E-state index in [1.165, 1.54) is 0 Å². The number of nitrogens with zero attached hydrogens (tertiary/aromatic N) is 3. The quantitative estimate of drug-likeness (QED) is 0.220. The summed E-state index contributed by atoms with van der Waals surface area (Å²) in [5.41, 5.74) is 13.5. The molecule has 0 aliphatic heterocycles. The normalized spacial score (nSPS) is 11.6. The van der Waals surface area contributed by atoms with Crippen LogP contribution in [0.1, 0.15) is 26.2 Å². The molecule has 0 amide bonds. The van der Waals surface area contributed by atoms with E-state index in [1.54, 1.807) is 6.92 Å². The fourth-order valence-corrected chi connectivity index (χ4v) is 1.01. The molecule has 0 spiro atoms. The lowest BCUT2D eigenvalue weighted by Gasteiger charge is -2.08. The smallest absolute Gasteiger partial charge is 0.314 e. The molecule has 0 aliphatic carbocycles. The van der Waals surface area contributed by atoms with Gasteiger partial charge in [-0.2, -0.15) is 0 Å². The van der Waals surface area contributed by atoms with Crippen molar-refractivity contribution in [3.63, 3.8) is 0 Å². The highest BCUT2D eigenvalue weighted by Crippen LogP contribution is 2.06. The van der Waals surface area contributed by atoms with Crippen LogP contribution in [-0.2, 0) is 9.53 Å². The molecule has 0 saturated heterocycles. The predicted octanol–water partition coefficient (Wildman–Crippen LogP) is 1.36. The van der Waals surface area contributed by atoms with Crippen LogP contribution in [0.15, 0.2) is 5.11 Å². The van der Waals surface area contributed by atoms with Gasteiger partial charge in [0.25, 0.3) is 0 Å². The number of nitrogens with two attached hydrogens (primary N) is 1. The van der Waals surface area contributed by atoms with Gasteiger partial charge in [0, 0.05) is 4.91 Å². The molecule has 0 heterocycles. The number of rotatable bonds is 7. The summed E-state index contributed by atoms with van der Waals surface area (Å²) in [5, 5.41) is 3.38. The van der Waals surface area contributed by atoms with E-state index >= 15 is 0 Å². The Kier molecular flexibility index (Phi) is 7.59. The Morgan fingerprint density at radius 3 is 2.86 bits per heavy atom. The first kappa shape index (κ1) is 12.7. The molecule has 0 radical (unpaired) electrons. The lowest BCUT2D eigenvalue weighted by molar-refractivity contribution is -0.144. The number of hydrogen-bond acceptors (Lipinski definition) is 4. The number of esters is 1. The van der Waals surface area contributed by atoms with Gasteiger partial charge in [-0.1, -0.05) is 11.5 Å². The standard InChI is InChI=1S/C8H16N4O2/c1-2-14-8(13)7(11-12-10)5-3-4-6-9/h7H,2-6,9H2,1H3/t7-/m0/s1. The Bertz CT molecular complexity index is 213. The van der Waals surface area contributed by atoms with Crippen LogP contribution in [0.4, 0.5) is 0 Å². The van der Waals surface area contributed by atoms with E-state index < -0.39 is 12.0 Å². The molecule has 0 fully saturated rings. The summed E-state index contributed by atoms with van der Waals surface area (Å²) in [7, 11) is 0. The van der Waals surface area contributed by atoms with Crippen molar-refractivity contribution < 1.29 is 9.53 Å². The highest BCUT2D eigenvalue weighted by Gasteiger charge is 2.16. The zero-order chi connectivity index (χ0) is 10.8. The van der Waals surface area contributed by atoms with E-state index in [0.717, 1.165) is 12.8 Å². The number of hydrogen-bond donors (Lipinski definition) is 1. The zero-order valence-electron chi connectivity index (χ0n) is 8.35. The maximum atomic E-state index is 11.2. The lowest BCUT2D eigenvalue weighted by atomic mass is 10.1. The zero-order valence-corrected chi connectivity index (χ0v) is 8.35. The van der Waals surface area contributed by atoms with Crippen LogP contribution in [0.5, 0.6) is 0 Å². The van der Waals surface area contributed by atoms with Gasteiger partial charge >= 0.3 is 5.97 Å². The molecule has 0 aromatic rings. The Balaban J connectivity index is 4.00. The minimum atomic E-state index is -0.702. The summed E-state index contributed by atoms with van der Waals surface area (Å²) < 4.78 is 4.75. The third-order valence-electron chi connectivity index (χ3n) is 1.68. The van der Waals surface area contributed by atoms with E-state index in [0.29, 0.717) is 19.6 Å². The van der Waals surface area contributed by atoms with Gasteiger partial charge in [0.2, 0.25) is 0 Å². The second kappa shape index (κ2) is 8.34. The van der Waals surface area contributed by atoms with Gasteiger partial charge in [-0.3, -0.25) is 4.79 Å². The SMILES string of the molecule is CCOC(=O)[C@H](CCCCN)N=[N+]=[N-]. The molecule has 80 valence electrons. The number of unbranched alkanes of at least 4 members (excludes halogenated alkanes) is 1. The molecule has 0 unspecified atom stereocenters. The monoisotopic (exact) mass is 200 g/mol. The molecular weight excluding hydrogens is 184 g/mol. The molecule has 0 aromatic carbocycles. The van der Waals surface area contributed by atoms with Crippen LogP contribution in [0.2, 0.25) is 0 Å². The Labute approximate surface area is 83.0 Å². The van der Waals surface area contributed by atoms with Crippen molar-refractivity contribution in [2.45, 2.75) is 32.2 Å². The van der Waals surface area contributed by atoms with Gasteiger partial charge in [0.15, 0.2) is 0 Å². The number of carbonyl (C=O) groups is 1. The van der Waals surface area contributed by atoms with Crippen LogP contribution < -0.4 is 5.73 Å². The Hall–Kier alpha value is -1.26. The van der Waals surface area contributed by atoms with Gasteiger partial charge in [0.05, 0.1) is 6.61 Å². The minimum absolute atomic E-state index is 0.299. The summed E-state index contributed by atoms with van der Waals surface area (Å²) in [4.78, 5) is 13.8. The van der Waals surface area contributed by atoms with Crippen molar-refractivity contribution in [3.8, 4) is 0 Å². The third kappa shape index (κ3) is 5.40. The first-order valence-electron chi connectivity index (χ1n) is 4.67. The fraction of sp³-hybridized carbons (Fsp3) is 0.875. The summed E-state index contributed by atoms with van der Waals surface area (Å²) in [6.07, 6.45) is 2.08. The molecule has 14 heavy (non-hydrogen) atoms. The van der Waals surface area contributed by atoms with Gasteiger partial charge in [-0.25, -0.2) is 0 Å². The Morgan fingerprint density at radius 2 is 2.36 bits per heavy atom. The molecule has 6 heteroatoms.